The van der Waals surface area contributed by atoms with Gasteiger partial charge in [-0.05, 0) is 57.8 Å². The summed E-state index contributed by atoms with van der Waals surface area (Å²) in [6.07, 6.45) is 58.9. The predicted molar refractivity (Wildman–Crippen MR) is 260 cm³/mol. The predicted octanol–water partition coefficient (Wildman–Crippen LogP) is 15.9. The van der Waals surface area contributed by atoms with E-state index in [1.165, 1.54) is 186 Å². The van der Waals surface area contributed by atoms with Gasteiger partial charge < -0.3 is 20.3 Å². The maximum Gasteiger partial charge on any atom is 0.305 e. The van der Waals surface area contributed by atoms with Crippen LogP contribution in [0.5, 0.6) is 0 Å². The molecule has 0 aliphatic heterocycles. The number of carbonyl (C=O) groups excluding carboxylic acids is 2. The molecule has 0 aliphatic rings. The molecule has 1 amide bonds. The lowest BCUT2D eigenvalue weighted by atomic mass is 10.0. The van der Waals surface area contributed by atoms with Crippen LogP contribution in [0.15, 0.2) is 24.3 Å². The summed E-state index contributed by atoms with van der Waals surface area (Å²) in [6.45, 7) is 4.87. The Labute approximate surface area is 373 Å². The third kappa shape index (κ3) is 45.9. The van der Waals surface area contributed by atoms with Gasteiger partial charge in [0.2, 0.25) is 5.91 Å². The minimum Gasteiger partial charge on any atom is -0.466 e. The van der Waals surface area contributed by atoms with Gasteiger partial charge in [0.15, 0.2) is 0 Å². The van der Waals surface area contributed by atoms with Crippen LogP contribution >= 0.6 is 0 Å². The summed E-state index contributed by atoms with van der Waals surface area (Å²) in [5, 5.41) is 23.0. The Bertz CT molecular complexity index is 935. The van der Waals surface area contributed by atoms with Crippen LogP contribution in [0.2, 0.25) is 0 Å². The molecule has 6 heteroatoms. The van der Waals surface area contributed by atoms with Crippen molar-refractivity contribution in [2.24, 2.45) is 0 Å². The molecule has 354 valence electrons. The van der Waals surface area contributed by atoms with E-state index in [9.17, 15) is 19.8 Å². The van der Waals surface area contributed by atoms with Gasteiger partial charge in [-0.15, -0.1) is 0 Å². The van der Waals surface area contributed by atoms with E-state index < -0.39 is 12.1 Å². The zero-order valence-electron chi connectivity index (χ0n) is 40.2. The Morgan fingerprint density at radius 2 is 0.783 bits per heavy atom. The van der Waals surface area contributed by atoms with Gasteiger partial charge in [0.25, 0.3) is 0 Å². The molecule has 2 unspecified atom stereocenters. The van der Waals surface area contributed by atoms with E-state index in [0.29, 0.717) is 19.4 Å². The van der Waals surface area contributed by atoms with Crippen LogP contribution in [0.1, 0.15) is 284 Å². The highest BCUT2D eigenvalue weighted by molar-refractivity contribution is 5.76. The van der Waals surface area contributed by atoms with Crippen LogP contribution in [0.4, 0.5) is 0 Å². The van der Waals surface area contributed by atoms with Crippen LogP contribution < -0.4 is 5.32 Å². The number of hydrogen-bond donors (Lipinski definition) is 3. The second kappa shape index (κ2) is 50.0. The molecule has 0 aromatic carbocycles. The van der Waals surface area contributed by atoms with E-state index in [-0.39, 0.29) is 18.5 Å². The van der Waals surface area contributed by atoms with Crippen LogP contribution in [0, 0.1) is 0 Å². The maximum atomic E-state index is 12.4. The molecule has 3 N–H and O–H groups in total. The number of ether oxygens (including phenoxy) is 1. The Kier molecular flexibility index (Phi) is 48.6. The summed E-state index contributed by atoms with van der Waals surface area (Å²) in [6, 6.07) is -0.647. The molecule has 0 aromatic rings. The number of nitrogens with one attached hydrogen (secondary N) is 1. The molecule has 0 heterocycles. The molecule has 0 rings (SSSR count). The van der Waals surface area contributed by atoms with Crippen molar-refractivity contribution in [2.75, 3.05) is 13.2 Å². The summed E-state index contributed by atoms with van der Waals surface area (Å²) in [5.41, 5.74) is 0. The fourth-order valence-electron chi connectivity index (χ4n) is 8.10. The quantitative estimate of drug-likeness (QED) is 0.0322. The van der Waals surface area contributed by atoms with Gasteiger partial charge >= 0.3 is 5.97 Å². The van der Waals surface area contributed by atoms with Crippen molar-refractivity contribution < 1.29 is 24.5 Å². The van der Waals surface area contributed by atoms with Gasteiger partial charge in [0.1, 0.15) is 0 Å². The van der Waals surface area contributed by atoms with Gasteiger partial charge in [-0.1, -0.05) is 237 Å². The number of rotatable bonds is 49. The number of aliphatic hydroxyl groups excluding tert-OH is 2. The second-order valence-electron chi connectivity index (χ2n) is 18.2. The molecule has 0 saturated carbocycles. The van der Waals surface area contributed by atoms with Crippen LogP contribution in [-0.2, 0) is 14.3 Å². The maximum absolute atomic E-state index is 12.4. The number of hydrogen-bond acceptors (Lipinski definition) is 5. The standard InChI is InChI=1S/C54H103NO5/c1-3-5-7-9-11-13-15-17-19-22-26-30-34-38-42-46-52(57)51(50-56)55-53(58)47-43-39-35-31-27-23-21-25-29-33-37-41-45-49-60-54(59)48-44-40-36-32-28-24-20-18-16-14-12-10-8-6-4-2/h23,27,42,46,51-52,56-57H,3-22,24-26,28-41,43-45,47-50H2,1-2H3,(H,55,58)/b27-23-,46-42+. The first-order valence-electron chi connectivity index (χ1n) is 26.6. The Morgan fingerprint density at radius 1 is 0.450 bits per heavy atom. The Hall–Kier alpha value is -1.66. The molecule has 0 aliphatic carbocycles. The minimum atomic E-state index is -0.860. The van der Waals surface area contributed by atoms with Gasteiger partial charge in [-0.25, -0.2) is 0 Å². The molecule has 0 bridgehead atoms. The molecule has 0 fully saturated rings. The van der Waals surface area contributed by atoms with Crippen LogP contribution in [0.3, 0.4) is 0 Å². The van der Waals surface area contributed by atoms with Crippen molar-refractivity contribution in [3.8, 4) is 0 Å². The molecule has 0 radical (unpaired) electrons. The SMILES string of the molecule is CCCCCCCCCCCCCCC/C=C/C(O)C(CO)NC(=O)CCCCC/C=C\CCCCCCCCOC(=O)CCCCCCCCCCCCCCCCC. The van der Waals surface area contributed by atoms with E-state index in [1.807, 2.05) is 6.08 Å². The van der Waals surface area contributed by atoms with Crippen molar-refractivity contribution in [1.29, 1.82) is 0 Å². The van der Waals surface area contributed by atoms with E-state index >= 15 is 0 Å². The van der Waals surface area contributed by atoms with Crippen LogP contribution in [0.25, 0.3) is 0 Å². The molecule has 60 heavy (non-hydrogen) atoms. The molecule has 2 atom stereocenters. The number of amides is 1. The third-order valence-corrected chi connectivity index (χ3v) is 12.2. The molecule has 6 nitrogen and oxygen atoms in total. The van der Waals surface area contributed by atoms with E-state index in [4.69, 9.17) is 4.74 Å². The molecule has 0 spiro atoms. The molecular formula is C54H103NO5. The summed E-state index contributed by atoms with van der Waals surface area (Å²) in [7, 11) is 0. The third-order valence-electron chi connectivity index (χ3n) is 12.2. The van der Waals surface area contributed by atoms with Crippen molar-refractivity contribution in [1.82, 2.24) is 5.32 Å². The van der Waals surface area contributed by atoms with Crippen molar-refractivity contribution in [3.63, 3.8) is 0 Å². The fourth-order valence-corrected chi connectivity index (χ4v) is 8.10. The first kappa shape index (κ1) is 58.3. The van der Waals surface area contributed by atoms with Crippen LogP contribution in [-0.4, -0.2) is 47.4 Å². The summed E-state index contributed by atoms with van der Waals surface area (Å²) >= 11 is 0. The van der Waals surface area contributed by atoms with Gasteiger partial charge in [-0.3, -0.25) is 9.59 Å². The zero-order valence-corrected chi connectivity index (χ0v) is 40.2. The topological polar surface area (TPSA) is 95.9 Å². The molecular weight excluding hydrogens is 743 g/mol. The Balaban J connectivity index is 3.52. The smallest absolute Gasteiger partial charge is 0.305 e. The van der Waals surface area contributed by atoms with Crippen molar-refractivity contribution in [2.45, 2.75) is 296 Å². The fraction of sp³-hybridized carbons (Fsp3) is 0.889. The highest BCUT2D eigenvalue weighted by Crippen LogP contribution is 2.16. The highest BCUT2D eigenvalue weighted by atomic mass is 16.5. The van der Waals surface area contributed by atoms with Gasteiger partial charge in [-0.2, -0.15) is 0 Å². The lowest BCUT2D eigenvalue weighted by Gasteiger charge is -2.19. The average molecular weight is 846 g/mol. The lowest BCUT2D eigenvalue weighted by Crippen LogP contribution is -2.45. The van der Waals surface area contributed by atoms with Crippen molar-refractivity contribution in [3.05, 3.63) is 24.3 Å². The van der Waals surface area contributed by atoms with Gasteiger partial charge in [0.05, 0.1) is 25.4 Å². The first-order chi connectivity index (χ1) is 29.5. The van der Waals surface area contributed by atoms with E-state index in [0.717, 1.165) is 70.6 Å². The zero-order chi connectivity index (χ0) is 43.7. The normalized spacial score (nSPS) is 12.8. The van der Waals surface area contributed by atoms with E-state index in [2.05, 4.69) is 31.3 Å². The number of esters is 1. The van der Waals surface area contributed by atoms with Gasteiger partial charge in [0, 0.05) is 12.8 Å². The second-order valence-corrected chi connectivity index (χ2v) is 18.2. The van der Waals surface area contributed by atoms with E-state index in [1.54, 1.807) is 6.08 Å². The molecule has 0 saturated heterocycles. The Morgan fingerprint density at radius 3 is 1.20 bits per heavy atom. The lowest BCUT2D eigenvalue weighted by molar-refractivity contribution is -0.143. The number of carbonyl (C=O) groups is 2. The van der Waals surface area contributed by atoms with Crippen molar-refractivity contribution >= 4 is 11.9 Å². The monoisotopic (exact) mass is 846 g/mol. The first-order valence-corrected chi connectivity index (χ1v) is 26.6. The highest BCUT2D eigenvalue weighted by Gasteiger charge is 2.18. The number of unbranched alkanes of at least 4 members (excludes halogenated alkanes) is 36. The largest absolute Gasteiger partial charge is 0.466 e. The molecule has 0 aromatic heterocycles. The number of aliphatic hydroxyl groups is 2. The average Bonchev–Trinajstić information content (AvgIpc) is 3.25. The minimum absolute atomic E-state index is 0.0113. The summed E-state index contributed by atoms with van der Waals surface area (Å²) < 4.78 is 5.46. The summed E-state index contributed by atoms with van der Waals surface area (Å²) in [4.78, 5) is 24.5. The number of allylic oxidation sites excluding steroid dienone is 3. The summed E-state index contributed by atoms with van der Waals surface area (Å²) in [5.74, 6) is -0.108.